The number of rotatable bonds is 19. The van der Waals surface area contributed by atoms with Gasteiger partial charge in [-0.05, 0) is 49.0 Å². The molecule has 1 fully saturated rings. The number of carbonyl (C=O) groups excluding carboxylic acids is 1. The molecule has 0 radical (unpaired) electrons. The first kappa shape index (κ1) is 38.3. The van der Waals surface area contributed by atoms with Crippen molar-refractivity contribution in [1.82, 2.24) is 4.90 Å². The fourth-order valence-electron chi connectivity index (χ4n) is 4.07. The maximum Gasteiger partial charge on any atom is 0.483 e. The summed E-state index contributed by atoms with van der Waals surface area (Å²) in [4.78, 5) is 43.2. The molecule has 3 N–H and O–H groups in total. The van der Waals surface area contributed by atoms with E-state index < -0.39 is 21.6 Å². The van der Waals surface area contributed by atoms with Gasteiger partial charge in [-0.25, -0.2) is 9.13 Å². The highest BCUT2D eigenvalue weighted by molar-refractivity contribution is 7.80. The second kappa shape index (κ2) is 19.6. The van der Waals surface area contributed by atoms with Crippen molar-refractivity contribution in [3.63, 3.8) is 0 Å². The lowest BCUT2D eigenvalue weighted by Crippen LogP contribution is -2.35. The van der Waals surface area contributed by atoms with Gasteiger partial charge in [0.15, 0.2) is 5.11 Å². The van der Waals surface area contributed by atoms with Crippen molar-refractivity contribution < 1.29 is 47.0 Å². The van der Waals surface area contributed by atoms with Gasteiger partial charge in [-0.3, -0.25) is 23.5 Å². The lowest BCUT2D eigenvalue weighted by atomic mass is 10.0. The van der Waals surface area contributed by atoms with Crippen molar-refractivity contribution in [1.29, 1.82) is 0 Å². The number of phosphoric acid groups is 2. The standard InChI is InChI=1S/C16H36O7P2.C11H10N2O3S/c1-5-9-11-15(7-3)13-21-25(20,23-24(17,18)19)22-14-16(8-4)12-10-6-2;14-9-6-12(7-10(15)16)11(17)13(9)8-4-2-1-3-5-8/h15-16H,5-14H2,1-4H3,(H2,17,18,19);1-5H,6-7H2,(H,15,16). The Hall–Kier alpha value is -1.69. The summed E-state index contributed by atoms with van der Waals surface area (Å²) < 4.78 is 38.8. The van der Waals surface area contributed by atoms with Gasteiger partial charge in [-0.1, -0.05) is 84.4 Å². The Morgan fingerprint density at radius 3 is 1.86 bits per heavy atom. The number of thiocarbonyl (C=S) groups is 1. The molecule has 240 valence electrons. The number of hydrogen-bond donors (Lipinski definition) is 3. The number of hydrogen-bond acceptors (Lipinski definition) is 8. The molecule has 1 saturated heterocycles. The third-order valence-electron chi connectivity index (χ3n) is 6.61. The average molecular weight is 653 g/mol. The zero-order valence-corrected chi connectivity index (χ0v) is 27.5. The molecular formula is C27H46N2O10P2S. The van der Waals surface area contributed by atoms with Gasteiger partial charge in [0.25, 0.3) is 5.91 Å². The van der Waals surface area contributed by atoms with Crippen LogP contribution in [-0.2, 0) is 32.1 Å². The van der Waals surface area contributed by atoms with E-state index in [2.05, 4.69) is 18.2 Å². The molecule has 2 rings (SSSR count). The van der Waals surface area contributed by atoms with Crippen molar-refractivity contribution >= 4 is 50.5 Å². The Bertz CT molecular complexity index is 1050. The van der Waals surface area contributed by atoms with E-state index in [0.717, 1.165) is 51.4 Å². The van der Waals surface area contributed by atoms with Crippen molar-refractivity contribution in [3.05, 3.63) is 30.3 Å². The number of carboxylic acid groups (broad SMARTS) is 1. The van der Waals surface area contributed by atoms with Crippen LogP contribution >= 0.6 is 27.9 Å². The van der Waals surface area contributed by atoms with E-state index >= 15 is 0 Å². The number of phosphoric ester groups is 1. The molecule has 2 atom stereocenters. The zero-order chi connectivity index (χ0) is 31.8. The van der Waals surface area contributed by atoms with Gasteiger partial charge in [-0.2, -0.15) is 4.31 Å². The number of carboxylic acids is 1. The molecule has 1 heterocycles. The van der Waals surface area contributed by atoms with Crippen LogP contribution < -0.4 is 4.90 Å². The summed E-state index contributed by atoms with van der Waals surface area (Å²) in [5, 5.41) is 8.94. The zero-order valence-electron chi connectivity index (χ0n) is 24.9. The molecule has 1 aliphatic rings. The molecule has 1 aromatic rings. The summed E-state index contributed by atoms with van der Waals surface area (Å²) in [7, 11) is -9.28. The first-order chi connectivity index (χ1) is 19.8. The number of nitrogens with zero attached hydrogens (tertiary/aromatic N) is 2. The highest BCUT2D eigenvalue weighted by Gasteiger charge is 2.37. The number of carbonyl (C=O) groups is 2. The topological polar surface area (TPSA) is 163 Å². The Labute approximate surface area is 254 Å². The van der Waals surface area contributed by atoms with Gasteiger partial charge in [0, 0.05) is 0 Å². The van der Waals surface area contributed by atoms with Crippen LogP contribution in [0.5, 0.6) is 0 Å². The van der Waals surface area contributed by atoms with Gasteiger partial charge in [0.2, 0.25) is 0 Å². The molecular weight excluding hydrogens is 606 g/mol. The van der Waals surface area contributed by atoms with Crippen LogP contribution in [-0.4, -0.2) is 63.1 Å². The minimum Gasteiger partial charge on any atom is -0.480 e. The van der Waals surface area contributed by atoms with E-state index in [0.29, 0.717) is 5.69 Å². The predicted octanol–water partition coefficient (Wildman–Crippen LogP) is 6.37. The van der Waals surface area contributed by atoms with Gasteiger partial charge in [0.1, 0.15) is 13.1 Å². The van der Waals surface area contributed by atoms with Gasteiger partial charge >= 0.3 is 21.6 Å². The largest absolute Gasteiger partial charge is 0.483 e. The Morgan fingerprint density at radius 1 is 0.952 bits per heavy atom. The molecule has 2 unspecified atom stereocenters. The second-order valence-corrected chi connectivity index (χ2v) is 13.5. The molecule has 1 aliphatic heterocycles. The van der Waals surface area contributed by atoms with Crippen LogP contribution in [0.2, 0.25) is 0 Å². The van der Waals surface area contributed by atoms with Crippen molar-refractivity contribution in [2.24, 2.45) is 11.8 Å². The van der Waals surface area contributed by atoms with Crippen molar-refractivity contribution in [2.45, 2.75) is 79.1 Å². The minimum atomic E-state index is -4.98. The maximum absolute atomic E-state index is 12.7. The Morgan fingerprint density at radius 2 is 1.45 bits per heavy atom. The van der Waals surface area contributed by atoms with Crippen molar-refractivity contribution in [2.75, 3.05) is 31.2 Å². The van der Waals surface area contributed by atoms with Crippen LogP contribution in [0.3, 0.4) is 0 Å². The third-order valence-corrected chi connectivity index (χ3v) is 9.63. The Kier molecular flexibility index (Phi) is 17.9. The number of unbranched alkanes of at least 4 members (excludes halogenated alkanes) is 2. The highest BCUT2D eigenvalue weighted by Crippen LogP contribution is 2.61. The summed E-state index contributed by atoms with van der Waals surface area (Å²) in [6.45, 7) is 8.11. The molecule has 1 aromatic carbocycles. The third kappa shape index (κ3) is 14.7. The molecule has 0 spiro atoms. The van der Waals surface area contributed by atoms with Crippen LogP contribution in [0.1, 0.15) is 79.1 Å². The first-order valence-corrected chi connectivity index (χ1v) is 17.7. The molecule has 15 heteroatoms. The number of anilines is 1. The van der Waals surface area contributed by atoms with Crippen LogP contribution in [0.15, 0.2) is 30.3 Å². The second-order valence-electron chi connectivity index (χ2n) is 10.0. The molecule has 0 saturated carbocycles. The number of amides is 1. The van der Waals surface area contributed by atoms with Crippen LogP contribution in [0.4, 0.5) is 5.69 Å². The summed E-state index contributed by atoms with van der Waals surface area (Å²) in [5.41, 5.74) is 0.662. The lowest BCUT2D eigenvalue weighted by Gasteiger charge is -2.23. The fraction of sp³-hybridized carbons (Fsp3) is 0.667. The molecule has 0 aromatic heterocycles. The molecule has 0 bridgehead atoms. The average Bonchev–Trinajstić information content (AvgIpc) is 3.20. The normalized spacial score (nSPS) is 16.5. The van der Waals surface area contributed by atoms with E-state index in [9.17, 15) is 18.7 Å². The van der Waals surface area contributed by atoms with Gasteiger partial charge in [0.05, 0.1) is 18.9 Å². The quantitative estimate of drug-likeness (QED) is 0.112. The predicted molar refractivity (Wildman–Crippen MR) is 165 cm³/mol. The highest BCUT2D eigenvalue weighted by atomic mass is 32.1. The monoisotopic (exact) mass is 652 g/mol. The van der Waals surface area contributed by atoms with E-state index in [4.69, 9.17) is 36.2 Å². The molecule has 1 amide bonds. The van der Waals surface area contributed by atoms with E-state index in [1.54, 1.807) is 24.3 Å². The maximum atomic E-state index is 12.7. The molecule has 0 aliphatic carbocycles. The fourth-order valence-corrected chi connectivity index (χ4v) is 6.69. The van der Waals surface area contributed by atoms with E-state index in [1.165, 1.54) is 9.80 Å². The van der Waals surface area contributed by atoms with Crippen LogP contribution in [0.25, 0.3) is 0 Å². The molecule has 42 heavy (non-hydrogen) atoms. The Balaban J connectivity index is 0.000000448. The summed E-state index contributed by atoms with van der Waals surface area (Å²) in [5.74, 6) is -0.906. The SMILES string of the molecule is CCCCC(CC)COP(=O)(OCC(CC)CCCC)OP(=O)(O)O.O=C(O)CN1CC(=O)N(c2ccccc2)C1=S. The number of aliphatic carboxylic acids is 1. The number of benzene rings is 1. The van der Waals surface area contributed by atoms with Gasteiger partial charge in [-0.15, -0.1) is 0 Å². The minimum absolute atomic E-state index is 0.0139. The van der Waals surface area contributed by atoms with E-state index in [1.807, 2.05) is 19.9 Å². The number of para-hydroxylation sites is 1. The molecule has 12 nitrogen and oxygen atoms in total. The summed E-state index contributed by atoms with van der Waals surface area (Å²) >= 11 is 5.11. The van der Waals surface area contributed by atoms with E-state index in [-0.39, 0.29) is 49.2 Å². The summed E-state index contributed by atoms with van der Waals surface area (Å²) in [6, 6.07) is 8.95. The van der Waals surface area contributed by atoms with Crippen LogP contribution in [0, 0.1) is 11.8 Å². The van der Waals surface area contributed by atoms with Crippen molar-refractivity contribution in [3.8, 4) is 0 Å². The van der Waals surface area contributed by atoms with Gasteiger partial charge < -0.3 is 19.8 Å². The first-order valence-electron chi connectivity index (χ1n) is 14.3. The summed E-state index contributed by atoms with van der Waals surface area (Å²) in [6.07, 6.45) is 7.56. The lowest BCUT2D eigenvalue weighted by molar-refractivity contribution is -0.137. The smallest absolute Gasteiger partial charge is 0.480 e.